The summed E-state index contributed by atoms with van der Waals surface area (Å²) in [4.78, 5) is 0. The van der Waals surface area contributed by atoms with E-state index in [1.165, 1.54) is 308 Å². The van der Waals surface area contributed by atoms with Gasteiger partial charge in [-0.3, -0.25) is 0 Å². The summed E-state index contributed by atoms with van der Waals surface area (Å²) in [6.45, 7) is 36.7. The zero-order chi connectivity index (χ0) is 70.2. The van der Waals surface area contributed by atoms with E-state index >= 15 is 0 Å². The average Bonchev–Trinajstić information content (AvgIpc) is 0.780. The molecule has 528 valence electrons. The first-order valence-corrected chi connectivity index (χ1v) is 42.0. The molecule has 0 N–H and O–H groups in total. The highest BCUT2D eigenvalue weighted by atomic mass is 32.1. The molecule has 5 unspecified atom stereocenters. The van der Waals surface area contributed by atoms with Gasteiger partial charge in [0.25, 0.3) is 0 Å². The molecule has 0 aliphatic rings. The Balaban J connectivity index is 1.09. The molecule has 2 nitrogen and oxygen atoms in total. The molecular formula is C98H120N2S. The van der Waals surface area contributed by atoms with Gasteiger partial charge in [0.15, 0.2) is 0 Å². The van der Waals surface area contributed by atoms with Crippen LogP contribution in [0, 0.1) is 59.2 Å². The van der Waals surface area contributed by atoms with Crippen LogP contribution in [0.4, 0.5) is 0 Å². The van der Waals surface area contributed by atoms with Gasteiger partial charge in [-0.1, -0.05) is 273 Å². The molecule has 1 aromatic heterocycles. The average molecular weight is 1360 g/mol. The largest absolute Gasteiger partial charge is 0.173 e. The first-order chi connectivity index (χ1) is 48.8. The summed E-state index contributed by atoms with van der Waals surface area (Å²) in [7, 11) is 0. The summed E-state index contributed by atoms with van der Waals surface area (Å²) in [6, 6.07) is 39.6. The summed E-state index contributed by atoms with van der Waals surface area (Å²) < 4.78 is 10.0. The Kier molecular flexibility index (Phi) is 20.3. The van der Waals surface area contributed by atoms with Gasteiger partial charge in [0.2, 0.25) is 0 Å². The molecule has 0 saturated carbocycles. The van der Waals surface area contributed by atoms with Crippen LogP contribution >= 0.6 is 11.7 Å². The third kappa shape index (κ3) is 13.6. The van der Waals surface area contributed by atoms with E-state index in [-0.39, 0.29) is 0 Å². The number of benzene rings is 14. The van der Waals surface area contributed by atoms with Crippen molar-refractivity contribution in [3.63, 3.8) is 0 Å². The molecule has 14 aromatic carbocycles. The summed E-state index contributed by atoms with van der Waals surface area (Å²) in [5, 5.41) is 35.7. The van der Waals surface area contributed by atoms with Crippen molar-refractivity contribution in [3.05, 3.63) is 119 Å². The Hall–Kier alpha value is -6.42. The van der Waals surface area contributed by atoms with Gasteiger partial charge in [-0.15, -0.1) is 0 Å². The van der Waals surface area contributed by atoms with Crippen molar-refractivity contribution in [2.24, 2.45) is 59.2 Å². The lowest BCUT2D eigenvalue weighted by atomic mass is 9.72. The topological polar surface area (TPSA) is 25.8 Å². The molecule has 0 bridgehead atoms. The van der Waals surface area contributed by atoms with E-state index in [2.05, 4.69) is 195 Å². The van der Waals surface area contributed by atoms with Crippen LogP contribution in [0.25, 0.3) is 151 Å². The van der Waals surface area contributed by atoms with E-state index in [1.54, 1.807) is 0 Å². The summed E-state index contributed by atoms with van der Waals surface area (Å²) in [5.74, 6) is 7.08. The zero-order valence-electron chi connectivity index (χ0n) is 64.9. The number of rotatable bonds is 36. The van der Waals surface area contributed by atoms with Gasteiger partial charge in [-0.2, -0.15) is 8.75 Å². The van der Waals surface area contributed by atoms with E-state index in [4.69, 9.17) is 8.75 Å². The van der Waals surface area contributed by atoms with Gasteiger partial charge in [0.05, 0.1) is 11.7 Å². The smallest absolute Gasteiger partial charge is 0.112 e. The van der Waals surface area contributed by atoms with Crippen molar-refractivity contribution in [3.8, 4) is 11.1 Å². The molecule has 0 saturated heterocycles. The molecule has 0 fully saturated rings. The first kappa shape index (κ1) is 70.3. The molecule has 0 spiro atoms. The normalized spacial score (nSPS) is 14.7. The van der Waals surface area contributed by atoms with Crippen molar-refractivity contribution in [2.75, 3.05) is 0 Å². The molecule has 1 heterocycles. The van der Waals surface area contributed by atoms with E-state index in [1.807, 2.05) is 0 Å². The molecule has 0 aliphatic carbocycles. The van der Waals surface area contributed by atoms with Gasteiger partial charge in [0.1, 0.15) is 11.0 Å². The quantitative estimate of drug-likeness (QED) is 0.0289. The fourth-order valence-electron chi connectivity index (χ4n) is 19.6. The fourth-order valence-corrected chi connectivity index (χ4v) is 20.2. The number of aromatic nitrogens is 2. The molecular weight excluding hydrogens is 1240 g/mol. The highest BCUT2D eigenvalue weighted by Gasteiger charge is 2.34. The second-order valence-corrected chi connectivity index (χ2v) is 36.8. The van der Waals surface area contributed by atoms with Crippen LogP contribution in [0.1, 0.15) is 260 Å². The van der Waals surface area contributed by atoms with E-state index in [0.29, 0.717) is 29.6 Å². The molecule has 101 heavy (non-hydrogen) atoms. The van der Waals surface area contributed by atoms with Crippen LogP contribution < -0.4 is 0 Å². The lowest BCUT2D eigenvalue weighted by molar-refractivity contribution is 0.437. The SMILES string of the molecule is CC(C)CCCC(C)CCc1cc2c3cc(CCC(C)CCCC(C)C)cc4c5cc(CCC(C)CCCC(C)C)cc6c7cc(-c8cccc9nsnc89)cc8c9cc(CCC(C)CCCC(C)C)cc%10c%11cc(CCC(C)CCCC(C)C)cc%12c(c1)c2c1c(c34)c(c56)c(c78)c(c%109)c1c%12%11. The Labute approximate surface area is 610 Å². The summed E-state index contributed by atoms with van der Waals surface area (Å²) in [6.07, 6.45) is 31.2. The fraction of sp³-hybridized carbons (Fsp3) is 0.510. The van der Waals surface area contributed by atoms with Crippen LogP contribution in [0.3, 0.4) is 0 Å². The summed E-state index contributed by atoms with van der Waals surface area (Å²) in [5.41, 5.74) is 12.0. The number of hydrogen-bond donors (Lipinski definition) is 0. The standard InChI is InChI=1S/C98H120N2S/c1-56(2)22-16-27-61(11)34-39-66-44-73-75-46-67(40-35-62(12)28-17-23-57(3)4)48-77-79-50-69(42-37-64(14)30-19-25-59(7)8)52-81-83-54-71(72-32-21-33-85-98(72)100-101-99-85)55-84-82-53-70(43-38-65(15)31-20-26-60(9)10)51-80-78-49-68(41-36-63(13)29-18-24-58(5)6)47-76-74(45-66)86(73)92-93(87(75)77)95(89(79)81)97(91(83)84)96(90(80)82)94(92)88(76)78/h21,32-33,44-65H,16-20,22-31,34-43H2,1-15H3. The van der Waals surface area contributed by atoms with Crippen molar-refractivity contribution < 1.29 is 0 Å². The minimum absolute atomic E-state index is 0.660. The van der Waals surface area contributed by atoms with Crippen molar-refractivity contribution in [1.29, 1.82) is 0 Å². The lowest BCUT2D eigenvalue weighted by Crippen LogP contribution is -2.04. The Morgan fingerprint density at radius 3 is 0.703 bits per heavy atom. The highest BCUT2D eigenvalue weighted by molar-refractivity contribution is 7.00. The predicted octanol–water partition coefficient (Wildman–Crippen LogP) is 30.8. The lowest BCUT2D eigenvalue weighted by Gasteiger charge is -2.30. The molecule has 15 rings (SSSR count). The van der Waals surface area contributed by atoms with Crippen LogP contribution in [0.2, 0.25) is 0 Å². The monoisotopic (exact) mass is 1360 g/mol. The van der Waals surface area contributed by atoms with E-state index in [9.17, 15) is 0 Å². The van der Waals surface area contributed by atoms with Gasteiger partial charge in [-0.25, -0.2) is 0 Å². The number of nitrogens with zero attached hydrogens (tertiary/aromatic N) is 2. The maximum absolute atomic E-state index is 5.12. The molecule has 0 amide bonds. The third-order valence-electron chi connectivity index (χ3n) is 25.5. The molecule has 0 radical (unpaired) electrons. The van der Waals surface area contributed by atoms with Crippen molar-refractivity contribution in [2.45, 2.75) is 264 Å². The van der Waals surface area contributed by atoms with Crippen LogP contribution in [0.15, 0.2) is 91.0 Å². The Bertz CT molecular complexity index is 5050. The van der Waals surface area contributed by atoms with E-state index < -0.39 is 0 Å². The summed E-state index contributed by atoms with van der Waals surface area (Å²) >= 11 is 1.35. The Morgan fingerprint density at radius 2 is 0.475 bits per heavy atom. The van der Waals surface area contributed by atoms with Crippen LogP contribution in [0.5, 0.6) is 0 Å². The van der Waals surface area contributed by atoms with E-state index in [0.717, 1.165) is 72.7 Å². The zero-order valence-corrected chi connectivity index (χ0v) is 65.7. The first-order valence-electron chi connectivity index (χ1n) is 41.3. The van der Waals surface area contributed by atoms with Crippen molar-refractivity contribution >= 4 is 152 Å². The van der Waals surface area contributed by atoms with Crippen molar-refractivity contribution in [1.82, 2.24) is 8.75 Å². The van der Waals surface area contributed by atoms with Gasteiger partial charge < -0.3 is 0 Å². The van der Waals surface area contributed by atoms with Gasteiger partial charge >= 0.3 is 0 Å². The number of aryl methyl sites for hydroxylation is 5. The third-order valence-corrected chi connectivity index (χ3v) is 26.0. The molecule has 0 aliphatic heterocycles. The maximum Gasteiger partial charge on any atom is 0.112 e. The maximum atomic E-state index is 5.12. The number of hydrogen-bond acceptors (Lipinski definition) is 3. The Morgan fingerprint density at radius 1 is 0.248 bits per heavy atom. The van der Waals surface area contributed by atoms with Crippen LogP contribution in [-0.2, 0) is 32.1 Å². The second kappa shape index (κ2) is 29.3. The predicted molar refractivity (Wildman–Crippen MR) is 451 cm³/mol. The second-order valence-electron chi connectivity index (χ2n) is 36.3. The highest BCUT2D eigenvalue weighted by Crippen LogP contribution is 2.61. The minimum Gasteiger partial charge on any atom is -0.173 e. The van der Waals surface area contributed by atoms with Gasteiger partial charge in [-0.05, 0) is 304 Å². The molecule has 5 atom stereocenters. The molecule has 15 aromatic rings. The number of fused-ring (bicyclic) bond motifs is 7. The van der Waals surface area contributed by atoms with Gasteiger partial charge in [0, 0.05) is 5.56 Å². The minimum atomic E-state index is 0.660. The molecule has 3 heteroatoms. The van der Waals surface area contributed by atoms with Crippen LogP contribution in [-0.4, -0.2) is 8.75 Å².